The molecule has 0 N–H and O–H groups in total. The number of ketones is 1. The molecule has 3 heteroatoms. The molecule has 0 aromatic heterocycles. The van der Waals surface area contributed by atoms with Gasteiger partial charge in [-0.25, -0.2) is 0 Å². The molecule has 3 nitrogen and oxygen atoms in total. The van der Waals surface area contributed by atoms with Crippen LogP contribution in [0.1, 0.15) is 32.3 Å². The zero-order chi connectivity index (χ0) is 14.4. The topological polar surface area (TPSA) is 29.5 Å². The SMILES string of the molecule is CCCOc1cccc(/C=C2\CN(CC)CCC2=O)c1. The van der Waals surface area contributed by atoms with Crippen molar-refractivity contribution in [2.45, 2.75) is 26.7 Å². The Balaban J connectivity index is 2.14. The highest BCUT2D eigenvalue weighted by molar-refractivity contribution is 6.00. The first-order valence-corrected chi connectivity index (χ1v) is 7.42. The van der Waals surface area contributed by atoms with Crippen LogP contribution in [-0.4, -0.2) is 36.9 Å². The molecule has 108 valence electrons. The van der Waals surface area contributed by atoms with Gasteiger partial charge in [0.05, 0.1) is 6.61 Å². The number of ether oxygens (including phenoxy) is 1. The normalized spacial score (nSPS) is 18.5. The Bertz CT molecular complexity index is 494. The minimum Gasteiger partial charge on any atom is -0.494 e. The van der Waals surface area contributed by atoms with Crippen molar-refractivity contribution in [1.82, 2.24) is 4.90 Å². The number of piperidine rings is 1. The summed E-state index contributed by atoms with van der Waals surface area (Å²) in [7, 11) is 0. The second-order valence-electron chi connectivity index (χ2n) is 5.13. The van der Waals surface area contributed by atoms with Crippen molar-refractivity contribution in [2.24, 2.45) is 0 Å². The van der Waals surface area contributed by atoms with Gasteiger partial charge in [0.1, 0.15) is 5.75 Å². The lowest BCUT2D eigenvalue weighted by atomic mass is 10.0. The maximum atomic E-state index is 12.0. The molecule has 1 saturated heterocycles. The molecule has 0 amide bonds. The fourth-order valence-electron chi connectivity index (χ4n) is 2.34. The molecule has 0 spiro atoms. The molecule has 0 aliphatic carbocycles. The molecule has 1 aliphatic heterocycles. The molecule has 0 radical (unpaired) electrons. The van der Waals surface area contributed by atoms with Gasteiger partial charge in [-0.05, 0) is 36.7 Å². The highest BCUT2D eigenvalue weighted by Crippen LogP contribution is 2.19. The van der Waals surface area contributed by atoms with E-state index in [1.165, 1.54) is 0 Å². The Morgan fingerprint density at radius 3 is 2.95 bits per heavy atom. The van der Waals surface area contributed by atoms with Gasteiger partial charge in [0, 0.05) is 25.1 Å². The third kappa shape index (κ3) is 3.94. The van der Waals surface area contributed by atoms with E-state index in [0.29, 0.717) is 6.42 Å². The van der Waals surface area contributed by atoms with E-state index in [0.717, 1.165) is 49.5 Å². The molecule has 1 heterocycles. The largest absolute Gasteiger partial charge is 0.494 e. The van der Waals surface area contributed by atoms with E-state index < -0.39 is 0 Å². The van der Waals surface area contributed by atoms with Gasteiger partial charge in [-0.2, -0.15) is 0 Å². The average Bonchev–Trinajstić information content (AvgIpc) is 2.48. The minimum absolute atomic E-state index is 0.273. The quantitative estimate of drug-likeness (QED) is 0.772. The summed E-state index contributed by atoms with van der Waals surface area (Å²) in [5.74, 6) is 1.14. The molecular weight excluding hydrogens is 250 g/mol. The number of rotatable bonds is 5. The molecule has 1 aromatic rings. The number of Topliss-reactive ketones (excluding diaryl/α,β-unsaturated/α-hetero) is 1. The average molecular weight is 273 g/mol. The molecule has 1 fully saturated rings. The third-order valence-electron chi connectivity index (χ3n) is 3.53. The standard InChI is InChI=1S/C17H23NO2/c1-3-10-20-16-7-5-6-14(12-16)11-15-13-18(4-2)9-8-17(15)19/h5-7,11-12H,3-4,8-10,13H2,1-2H3/b15-11+. The smallest absolute Gasteiger partial charge is 0.161 e. The molecule has 1 aromatic carbocycles. The van der Waals surface area contributed by atoms with Gasteiger partial charge in [-0.1, -0.05) is 26.0 Å². The van der Waals surface area contributed by atoms with E-state index in [2.05, 4.69) is 18.7 Å². The maximum absolute atomic E-state index is 12.0. The fourth-order valence-corrected chi connectivity index (χ4v) is 2.34. The van der Waals surface area contributed by atoms with Crippen LogP contribution in [-0.2, 0) is 4.79 Å². The molecule has 0 saturated carbocycles. The predicted octanol–water partition coefficient (Wildman–Crippen LogP) is 3.15. The number of hydrogen-bond acceptors (Lipinski definition) is 3. The molecule has 2 rings (SSSR count). The van der Waals surface area contributed by atoms with Gasteiger partial charge in [0.25, 0.3) is 0 Å². The Hall–Kier alpha value is -1.61. The van der Waals surface area contributed by atoms with E-state index in [9.17, 15) is 4.79 Å². The summed E-state index contributed by atoms with van der Waals surface area (Å²) in [6, 6.07) is 7.95. The fraction of sp³-hybridized carbons (Fsp3) is 0.471. The number of likely N-dealkylation sites (N-methyl/N-ethyl adjacent to an activating group) is 1. The van der Waals surface area contributed by atoms with Crippen LogP contribution >= 0.6 is 0 Å². The van der Waals surface area contributed by atoms with E-state index in [1.54, 1.807) is 0 Å². The first-order chi connectivity index (χ1) is 9.72. The van der Waals surface area contributed by atoms with Crippen molar-refractivity contribution in [3.63, 3.8) is 0 Å². The zero-order valence-electron chi connectivity index (χ0n) is 12.4. The van der Waals surface area contributed by atoms with Crippen molar-refractivity contribution < 1.29 is 9.53 Å². The summed E-state index contributed by atoms with van der Waals surface area (Å²) < 4.78 is 5.63. The van der Waals surface area contributed by atoms with Gasteiger partial charge in [-0.15, -0.1) is 0 Å². The second kappa shape index (κ2) is 7.25. The zero-order valence-corrected chi connectivity index (χ0v) is 12.4. The van der Waals surface area contributed by atoms with Crippen LogP contribution < -0.4 is 4.74 Å². The Kier molecular flexibility index (Phi) is 5.36. The minimum atomic E-state index is 0.273. The second-order valence-corrected chi connectivity index (χ2v) is 5.13. The van der Waals surface area contributed by atoms with Gasteiger partial charge in [0.15, 0.2) is 5.78 Å². The van der Waals surface area contributed by atoms with Gasteiger partial charge < -0.3 is 4.74 Å². The number of hydrogen-bond donors (Lipinski definition) is 0. The van der Waals surface area contributed by atoms with E-state index in [4.69, 9.17) is 4.74 Å². The first-order valence-electron chi connectivity index (χ1n) is 7.42. The molecule has 0 bridgehead atoms. The molecule has 20 heavy (non-hydrogen) atoms. The van der Waals surface area contributed by atoms with Crippen molar-refractivity contribution in [2.75, 3.05) is 26.2 Å². The number of carbonyl (C=O) groups excluding carboxylic acids is 1. The van der Waals surface area contributed by atoms with Crippen LogP contribution in [0.2, 0.25) is 0 Å². The predicted molar refractivity (Wildman–Crippen MR) is 81.9 cm³/mol. The Labute approximate surface area is 121 Å². The summed E-state index contributed by atoms with van der Waals surface area (Å²) in [6.07, 6.45) is 3.63. The molecule has 0 atom stereocenters. The van der Waals surface area contributed by atoms with Crippen LogP contribution in [0, 0.1) is 0 Å². The first kappa shape index (κ1) is 14.8. The molecule has 0 unspecified atom stereocenters. The Morgan fingerprint density at radius 1 is 1.35 bits per heavy atom. The maximum Gasteiger partial charge on any atom is 0.161 e. The Morgan fingerprint density at radius 2 is 2.20 bits per heavy atom. The highest BCUT2D eigenvalue weighted by Gasteiger charge is 2.19. The molecular formula is C17H23NO2. The van der Waals surface area contributed by atoms with Crippen molar-refractivity contribution >= 4 is 11.9 Å². The van der Waals surface area contributed by atoms with Gasteiger partial charge in [-0.3, -0.25) is 9.69 Å². The van der Waals surface area contributed by atoms with E-state index >= 15 is 0 Å². The number of likely N-dealkylation sites (tertiary alicyclic amines) is 1. The van der Waals surface area contributed by atoms with Gasteiger partial charge in [0.2, 0.25) is 0 Å². The van der Waals surface area contributed by atoms with Crippen LogP contribution in [0.4, 0.5) is 0 Å². The number of carbonyl (C=O) groups is 1. The van der Waals surface area contributed by atoms with Crippen LogP contribution in [0.5, 0.6) is 5.75 Å². The van der Waals surface area contributed by atoms with Crippen LogP contribution in [0.25, 0.3) is 6.08 Å². The highest BCUT2D eigenvalue weighted by atomic mass is 16.5. The summed E-state index contributed by atoms with van der Waals surface area (Å²) in [5.41, 5.74) is 1.95. The van der Waals surface area contributed by atoms with Crippen molar-refractivity contribution in [3.05, 3.63) is 35.4 Å². The molecule has 1 aliphatic rings. The summed E-state index contributed by atoms with van der Waals surface area (Å²) in [6.45, 7) is 7.58. The lowest BCUT2D eigenvalue weighted by Gasteiger charge is -2.26. The third-order valence-corrected chi connectivity index (χ3v) is 3.53. The van der Waals surface area contributed by atoms with E-state index in [1.807, 2.05) is 30.3 Å². The van der Waals surface area contributed by atoms with Gasteiger partial charge >= 0.3 is 0 Å². The van der Waals surface area contributed by atoms with Crippen LogP contribution in [0.3, 0.4) is 0 Å². The van der Waals surface area contributed by atoms with Crippen molar-refractivity contribution in [3.8, 4) is 5.75 Å². The lowest BCUT2D eigenvalue weighted by Crippen LogP contribution is -2.35. The summed E-state index contributed by atoms with van der Waals surface area (Å²) >= 11 is 0. The van der Waals surface area contributed by atoms with Crippen molar-refractivity contribution in [1.29, 1.82) is 0 Å². The van der Waals surface area contributed by atoms with E-state index in [-0.39, 0.29) is 5.78 Å². The monoisotopic (exact) mass is 273 g/mol. The summed E-state index contributed by atoms with van der Waals surface area (Å²) in [5, 5.41) is 0. The number of nitrogens with zero attached hydrogens (tertiary/aromatic N) is 1. The van der Waals surface area contributed by atoms with Crippen LogP contribution in [0.15, 0.2) is 29.8 Å². The summed E-state index contributed by atoms with van der Waals surface area (Å²) in [4.78, 5) is 14.3. The number of benzene rings is 1. The lowest BCUT2D eigenvalue weighted by molar-refractivity contribution is -0.117.